The van der Waals surface area contributed by atoms with E-state index >= 15 is 0 Å². The largest absolute Gasteiger partial charge is 0.456 e. The van der Waals surface area contributed by atoms with Crippen LogP contribution in [0.2, 0.25) is 0 Å². The molecule has 0 aliphatic carbocycles. The van der Waals surface area contributed by atoms with E-state index in [-0.39, 0.29) is 5.75 Å². The fourth-order valence-electron chi connectivity index (χ4n) is 2.00. The highest BCUT2D eigenvalue weighted by atomic mass is 19.1. The lowest BCUT2D eigenvalue weighted by atomic mass is 10.2. The molecule has 4 heteroatoms. The standard InChI is InChI=1S/C16H11FO3/c1-10-3-2-4-12(7-10)19-15-9-16(18)20-14-6-5-11(17)8-13(14)15/h2-9H,1H3. The second-order valence-electron chi connectivity index (χ2n) is 4.49. The molecule has 0 bridgehead atoms. The topological polar surface area (TPSA) is 39.4 Å². The molecule has 0 fully saturated rings. The van der Waals surface area contributed by atoms with Crippen molar-refractivity contribution >= 4 is 11.0 Å². The Hall–Kier alpha value is -2.62. The van der Waals surface area contributed by atoms with Gasteiger partial charge in [-0.2, -0.15) is 0 Å². The van der Waals surface area contributed by atoms with E-state index in [1.54, 1.807) is 6.07 Å². The van der Waals surface area contributed by atoms with Crippen molar-refractivity contribution in [3.05, 3.63) is 70.3 Å². The minimum Gasteiger partial charge on any atom is -0.456 e. The Morgan fingerprint density at radius 1 is 1.10 bits per heavy atom. The number of hydrogen-bond acceptors (Lipinski definition) is 3. The highest BCUT2D eigenvalue weighted by Gasteiger charge is 2.09. The van der Waals surface area contributed by atoms with Gasteiger partial charge < -0.3 is 9.15 Å². The monoisotopic (exact) mass is 270 g/mol. The summed E-state index contributed by atoms with van der Waals surface area (Å²) in [6.45, 7) is 1.93. The lowest BCUT2D eigenvalue weighted by Crippen LogP contribution is -1.99. The number of aryl methyl sites for hydroxylation is 1. The van der Waals surface area contributed by atoms with Crippen molar-refractivity contribution in [1.82, 2.24) is 0 Å². The Kier molecular flexibility index (Phi) is 2.99. The molecular weight excluding hydrogens is 259 g/mol. The molecule has 0 spiro atoms. The van der Waals surface area contributed by atoms with Gasteiger partial charge in [-0.1, -0.05) is 12.1 Å². The number of benzene rings is 2. The Bertz CT molecular complexity index is 836. The molecule has 20 heavy (non-hydrogen) atoms. The molecule has 3 aromatic rings. The fraction of sp³-hybridized carbons (Fsp3) is 0.0625. The van der Waals surface area contributed by atoms with Gasteiger partial charge in [-0.3, -0.25) is 0 Å². The summed E-state index contributed by atoms with van der Waals surface area (Å²) in [5, 5.41) is 0.422. The molecule has 3 nitrogen and oxygen atoms in total. The quantitative estimate of drug-likeness (QED) is 0.660. The Balaban J connectivity index is 2.15. The summed E-state index contributed by atoms with van der Waals surface area (Å²) in [6.07, 6.45) is 0. The maximum absolute atomic E-state index is 13.3. The third kappa shape index (κ3) is 2.40. The summed E-state index contributed by atoms with van der Waals surface area (Å²) in [6, 6.07) is 12.5. The van der Waals surface area contributed by atoms with E-state index in [0.717, 1.165) is 5.56 Å². The zero-order chi connectivity index (χ0) is 14.1. The second-order valence-corrected chi connectivity index (χ2v) is 4.49. The molecule has 0 amide bonds. The van der Waals surface area contributed by atoms with Crippen LogP contribution in [-0.4, -0.2) is 0 Å². The van der Waals surface area contributed by atoms with Crippen LogP contribution in [0.25, 0.3) is 11.0 Å². The first-order chi connectivity index (χ1) is 9.61. The lowest BCUT2D eigenvalue weighted by molar-refractivity contribution is 0.474. The smallest absolute Gasteiger partial charge is 0.339 e. The van der Waals surface area contributed by atoms with Crippen LogP contribution in [0.3, 0.4) is 0 Å². The number of fused-ring (bicyclic) bond motifs is 1. The Labute approximate surface area is 114 Å². The first kappa shape index (κ1) is 12.4. The highest BCUT2D eigenvalue weighted by molar-refractivity contribution is 5.83. The average Bonchev–Trinajstić information content (AvgIpc) is 2.39. The molecule has 0 atom stereocenters. The van der Waals surface area contributed by atoms with Gasteiger partial charge in [0.05, 0.1) is 11.5 Å². The van der Waals surface area contributed by atoms with Crippen LogP contribution in [-0.2, 0) is 0 Å². The Morgan fingerprint density at radius 2 is 1.95 bits per heavy atom. The van der Waals surface area contributed by atoms with Crippen LogP contribution in [0.4, 0.5) is 4.39 Å². The van der Waals surface area contributed by atoms with Crippen LogP contribution in [0.15, 0.2) is 57.7 Å². The van der Waals surface area contributed by atoms with E-state index in [1.165, 1.54) is 24.3 Å². The van der Waals surface area contributed by atoms with Gasteiger partial charge >= 0.3 is 5.63 Å². The zero-order valence-corrected chi connectivity index (χ0v) is 10.7. The molecule has 0 N–H and O–H groups in total. The first-order valence-corrected chi connectivity index (χ1v) is 6.10. The molecule has 1 heterocycles. The van der Waals surface area contributed by atoms with Crippen LogP contribution < -0.4 is 10.4 Å². The van der Waals surface area contributed by atoms with Gasteiger partial charge in [-0.25, -0.2) is 9.18 Å². The van der Waals surface area contributed by atoms with Crippen molar-refractivity contribution in [3.63, 3.8) is 0 Å². The number of rotatable bonds is 2. The molecule has 0 saturated carbocycles. The van der Waals surface area contributed by atoms with Gasteiger partial charge in [0.15, 0.2) is 0 Å². The van der Waals surface area contributed by atoms with Gasteiger partial charge in [0.1, 0.15) is 22.9 Å². The van der Waals surface area contributed by atoms with Crippen LogP contribution in [0, 0.1) is 12.7 Å². The van der Waals surface area contributed by atoms with Crippen molar-refractivity contribution in [3.8, 4) is 11.5 Å². The van der Waals surface area contributed by atoms with Gasteiger partial charge in [0.25, 0.3) is 0 Å². The third-order valence-electron chi connectivity index (χ3n) is 2.88. The molecule has 1 aromatic heterocycles. The number of hydrogen-bond donors (Lipinski definition) is 0. The predicted molar refractivity (Wildman–Crippen MR) is 73.7 cm³/mol. The zero-order valence-electron chi connectivity index (χ0n) is 10.7. The van der Waals surface area contributed by atoms with E-state index in [4.69, 9.17) is 9.15 Å². The molecule has 0 unspecified atom stereocenters. The van der Waals surface area contributed by atoms with Crippen molar-refractivity contribution in [2.45, 2.75) is 6.92 Å². The first-order valence-electron chi connectivity index (χ1n) is 6.10. The average molecular weight is 270 g/mol. The van der Waals surface area contributed by atoms with Gasteiger partial charge in [-0.05, 0) is 42.8 Å². The van der Waals surface area contributed by atoms with Crippen molar-refractivity contribution in [2.24, 2.45) is 0 Å². The van der Waals surface area contributed by atoms with Crippen LogP contribution in [0.5, 0.6) is 11.5 Å². The molecule has 0 saturated heterocycles. The maximum Gasteiger partial charge on any atom is 0.339 e. The summed E-state index contributed by atoms with van der Waals surface area (Å²) in [7, 11) is 0. The minimum absolute atomic E-state index is 0.279. The summed E-state index contributed by atoms with van der Waals surface area (Å²) in [4.78, 5) is 11.5. The van der Waals surface area contributed by atoms with E-state index in [0.29, 0.717) is 16.7 Å². The van der Waals surface area contributed by atoms with E-state index in [2.05, 4.69) is 0 Å². The summed E-state index contributed by atoms with van der Waals surface area (Å²) in [5.41, 5.74) is 0.786. The predicted octanol–water partition coefficient (Wildman–Crippen LogP) is 4.03. The molecular formula is C16H11FO3. The van der Waals surface area contributed by atoms with Gasteiger partial charge in [0.2, 0.25) is 0 Å². The second kappa shape index (κ2) is 4.81. The van der Waals surface area contributed by atoms with Crippen molar-refractivity contribution in [1.29, 1.82) is 0 Å². The van der Waals surface area contributed by atoms with E-state index in [1.807, 2.05) is 25.1 Å². The number of halogens is 1. The maximum atomic E-state index is 13.3. The SMILES string of the molecule is Cc1cccc(Oc2cc(=O)oc3ccc(F)cc23)c1. The fourth-order valence-corrected chi connectivity index (χ4v) is 2.00. The summed E-state index contributed by atoms with van der Waals surface area (Å²) in [5.74, 6) is 0.447. The van der Waals surface area contributed by atoms with Crippen molar-refractivity contribution < 1.29 is 13.5 Å². The van der Waals surface area contributed by atoms with Gasteiger partial charge in [-0.15, -0.1) is 0 Å². The van der Waals surface area contributed by atoms with Crippen LogP contribution >= 0.6 is 0 Å². The molecule has 3 rings (SSSR count). The molecule has 100 valence electrons. The third-order valence-corrected chi connectivity index (χ3v) is 2.88. The molecule has 0 aliphatic rings. The molecule has 0 aliphatic heterocycles. The van der Waals surface area contributed by atoms with E-state index < -0.39 is 11.4 Å². The van der Waals surface area contributed by atoms with Gasteiger partial charge in [0, 0.05) is 0 Å². The Morgan fingerprint density at radius 3 is 2.75 bits per heavy atom. The summed E-state index contributed by atoms with van der Waals surface area (Å²) < 4.78 is 24.0. The van der Waals surface area contributed by atoms with Crippen LogP contribution in [0.1, 0.15) is 5.56 Å². The summed E-state index contributed by atoms with van der Waals surface area (Å²) >= 11 is 0. The molecule has 0 radical (unpaired) electrons. The highest BCUT2D eigenvalue weighted by Crippen LogP contribution is 2.29. The number of ether oxygens (including phenoxy) is 1. The lowest BCUT2D eigenvalue weighted by Gasteiger charge is -2.08. The molecule has 2 aromatic carbocycles. The minimum atomic E-state index is -0.535. The van der Waals surface area contributed by atoms with E-state index in [9.17, 15) is 9.18 Å². The normalized spacial score (nSPS) is 10.7. The van der Waals surface area contributed by atoms with Crippen molar-refractivity contribution in [2.75, 3.05) is 0 Å².